The fraction of sp³-hybridized carbons (Fsp3) is 0.500. The number of carbonyl (C=O) groups is 1. The molecule has 0 aromatic heterocycles. The van der Waals surface area contributed by atoms with Crippen molar-refractivity contribution >= 4 is 5.91 Å². The lowest BCUT2D eigenvalue weighted by atomic mass is 10.1. The van der Waals surface area contributed by atoms with Gasteiger partial charge in [0.2, 0.25) is 0 Å². The zero-order valence-electron chi connectivity index (χ0n) is 10.6. The van der Waals surface area contributed by atoms with Gasteiger partial charge < -0.3 is 9.80 Å². The number of likely N-dealkylation sites (N-methyl/N-ethyl adjacent to an activating group) is 1. The van der Waals surface area contributed by atoms with Gasteiger partial charge in [0.1, 0.15) is 0 Å². The van der Waals surface area contributed by atoms with E-state index in [1.807, 2.05) is 36.1 Å². The molecule has 0 spiro atoms. The second kappa shape index (κ2) is 5.32. The van der Waals surface area contributed by atoms with Gasteiger partial charge in [0.15, 0.2) is 0 Å². The van der Waals surface area contributed by atoms with Gasteiger partial charge in [0.05, 0.1) is 0 Å². The van der Waals surface area contributed by atoms with Crippen LogP contribution in [0.15, 0.2) is 24.3 Å². The maximum absolute atomic E-state index is 12.3. The Labute approximate surface area is 103 Å². The molecule has 1 heterocycles. The van der Waals surface area contributed by atoms with Crippen LogP contribution in [0.2, 0.25) is 0 Å². The summed E-state index contributed by atoms with van der Waals surface area (Å²) in [5, 5.41) is 0. The molecule has 3 nitrogen and oxygen atoms in total. The monoisotopic (exact) mass is 232 g/mol. The molecule has 92 valence electrons. The SMILES string of the molecule is CCN1CCN(C(=O)c2cccc(C)c2)CC1. The molecule has 0 aliphatic carbocycles. The van der Waals surface area contributed by atoms with Crippen molar-refractivity contribution < 1.29 is 4.79 Å². The normalized spacial score (nSPS) is 17.2. The van der Waals surface area contributed by atoms with Crippen molar-refractivity contribution in [3.63, 3.8) is 0 Å². The predicted octanol–water partition coefficient (Wildman–Crippen LogP) is 1.77. The standard InChI is InChI=1S/C14H20N2O/c1-3-15-7-9-16(10-8-15)14(17)13-6-4-5-12(2)11-13/h4-6,11H,3,7-10H2,1-2H3. The highest BCUT2D eigenvalue weighted by Crippen LogP contribution is 2.10. The quantitative estimate of drug-likeness (QED) is 0.776. The van der Waals surface area contributed by atoms with E-state index in [0.29, 0.717) is 0 Å². The van der Waals surface area contributed by atoms with Crippen LogP contribution in [0, 0.1) is 6.92 Å². The molecule has 0 N–H and O–H groups in total. The van der Waals surface area contributed by atoms with Crippen LogP contribution in [0.25, 0.3) is 0 Å². The smallest absolute Gasteiger partial charge is 0.253 e. The number of benzene rings is 1. The number of nitrogens with zero attached hydrogens (tertiary/aromatic N) is 2. The van der Waals surface area contributed by atoms with Crippen LogP contribution >= 0.6 is 0 Å². The Bertz CT molecular complexity index is 395. The van der Waals surface area contributed by atoms with Crippen LogP contribution in [0.1, 0.15) is 22.8 Å². The summed E-state index contributed by atoms with van der Waals surface area (Å²) >= 11 is 0. The lowest BCUT2D eigenvalue weighted by Gasteiger charge is -2.34. The summed E-state index contributed by atoms with van der Waals surface area (Å²) < 4.78 is 0. The highest BCUT2D eigenvalue weighted by molar-refractivity contribution is 5.94. The molecule has 1 aromatic carbocycles. The van der Waals surface area contributed by atoms with Crippen LogP contribution in [0.3, 0.4) is 0 Å². The summed E-state index contributed by atoms with van der Waals surface area (Å²) in [7, 11) is 0. The molecule has 3 heteroatoms. The number of amides is 1. The maximum Gasteiger partial charge on any atom is 0.253 e. The molecule has 2 rings (SSSR count). The molecule has 0 atom stereocenters. The summed E-state index contributed by atoms with van der Waals surface area (Å²) in [5.41, 5.74) is 1.96. The Morgan fingerprint density at radius 2 is 1.94 bits per heavy atom. The van der Waals surface area contributed by atoms with Gasteiger partial charge in [-0.05, 0) is 25.6 Å². The van der Waals surface area contributed by atoms with Crippen LogP contribution in [0.5, 0.6) is 0 Å². The maximum atomic E-state index is 12.3. The third-order valence-corrected chi connectivity index (χ3v) is 3.37. The Balaban J connectivity index is 2.02. The van der Waals surface area contributed by atoms with Crippen LogP contribution in [0.4, 0.5) is 0 Å². The minimum absolute atomic E-state index is 0.171. The Hall–Kier alpha value is -1.35. The first-order chi connectivity index (χ1) is 8.20. The molecular formula is C14H20N2O. The van der Waals surface area contributed by atoms with Gasteiger partial charge in [-0.15, -0.1) is 0 Å². The fourth-order valence-corrected chi connectivity index (χ4v) is 2.23. The summed E-state index contributed by atoms with van der Waals surface area (Å²) in [6, 6.07) is 7.84. The summed E-state index contributed by atoms with van der Waals surface area (Å²) in [5.74, 6) is 0.171. The predicted molar refractivity (Wildman–Crippen MR) is 69.2 cm³/mol. The first kappa shape index (κ1) is 12.1. The van der Waals surface area contributed by atoms with Gasteiger partial charge in [-0.25, -0.2) is 0 Å². The van der Waals surface area contributed by atoms with Gasteiger partial charge in [0.25, 0.3) is 5.91 Å². The van der Waals surface area contributed by atoms with Crippen molar-refractivity contribution in [1.82, 2.24) is 9.80 Å². The molecule has 0 saturated carbocycles. The lowest BCUT2D eigenvalue weighted by molar-refractivity contribution is 0.0643. The number of hydrogen-bond donors (Lipinski definition) is 0. The van der Waals surface area contributed by atoms with Crippen molar-refractivity contribution in [2.75, 3.05) is 32.7 Å². The number of carbonyl (C=O) groups excluding carboxylic acids is 1. The van der Waals surface area contributed by atoms with E-state index in [0.717, 1.165) is 43.9 Å². The van der Waals surface area contributed by atoms with Gasteiger partial charge in [-0.2, -0.15) is 0 Å². The molecule has 17 heavy (non-hydrogen) atoms. The van der Waals surface area contributed by atoms with E-state index in [1.54, 1.807) is 0 Å². The topological polar surface area (TPSA) is 23.6 Å². The summed E-state index contributed by atoms with van der Waals surface area (Å²) in [6.07, 6.45) is 0. The van der Waals surface area contributed by atoms with Crippen LogP contribution < -0.4 is 0 Å². The van der Waals surface area contributed by atoms with Gasteiger partial charge >= 0.3 is 0 Å². The van der Waals surface area contributed by atoms with E-state index in [2.05, 4.69) is 11.8 Å². The van der Waals surface area contributed by atoms with Crippen molar-refractivity contribution in [1.29, 1.82) is 0 Å². The molecule has 0 radical (unpaired) electrons. The second-order valence-corrected chi connectivity index (χ2v) is 4.60. The van der Waals surface area contributed by atoms with Gasteiger partial charge in [0, 0.05) is 31.7 Å². The molecule has 1 fully saturated rings. The van der Waals surface area contributed by atoms with E-state index in [1.165, 1.54) is 0 Å². The Morgan fingerprint density at radius 3 is 2.53 bits per heavy atom. The van der Waals surface area contributed by atoms with Crippen molar-refractivity contribution in [3.05, 3.63) is 35.4 Å². The number of aryl methyl sites for hydroxylation is 1. The third kappa shape index (κ3) is 2.86. The van der Waals surface area contributed by atoms with E-state index >= 15 is 0 Å². The van der Waals surface area contributed by atoms with E-state index in [9.17, 15) is 4.79 Å². The zero-order chi connectivity index (χ0) is 12.3. The molecule has 1 aliphatic heterocycles. The van der Waals surface area contributed by atoms with Crippen LogP contribution in [-0.4, -0.2) is 48.4 Å². The molecule has 1 aromatic rings. The van der Waals surface area contributed by atoms with E-state index in [-0.39, 0.29) is 5.91 Å². The first-order valence-corrected chi connectivity index (χ1v) is 6.29. The van der Waals surface area contributed by atoms with Crippen molar-refractivity contribution in [2.45, 2.75) is 13.8 Å². The molecule has 1 amide bonds. The third-order valence-electron chi connectivity index (χ3n) is 3.37. The Kier molecular flexibility index (Phi) is 3.79. The summed E-state index contributed by atoms with van der Waals surface area (Å²) in [6.45, 7) is 8.94. The average molecular weight is 232 g/mol. The molecule has 0 bridgehead atoms. The second-order valence-electron chi connectivity index (χ2n) is 4.60. The van der Waals surface area contributed by atoms with Crippen molar-refractivity contribution in [2.24, 2.45) is 0 Å². The average Bonchev–Trinajstić information content (AvgIpc) is 2.38. The number of piperazine rings is 1. The summed E-state index contributed by atoms with van der Waals surface area (Å²) in [4.78, 5) is 16.6. The molecule has 1 aliphatic rings. The molecule has 0 unspecified atom stereocenters. The zero-order valence-corrected chi connectivity index (χ0v) is 10.6. The number of hydrogen-bond acceptors (Lipinski definition) is 2. The van der Waals surface area contributed by atoms with E-state index in [4.69, 9.17) is 0 Å². The van der Waals surface area contributed by atoms with Gasteiger partial charge in [-0.1, -0.05) is 24.6 Å². The molecular weight excluding hydrogens is 212 g/mol. The highest BCUT2D eigenvalue weighted by atomic mass is 16.2. The molecule has 1 saturated heterocycles. The largest absolute Gasteiger partial charge is 0.336 e. The minimum Gasteiger partial charge on any atom is -0.336 e. The highest BCUT2D eigenvalue weighted by Gasteiger charge is 2.20. The van der Waals surface area contributed by atoms with E-state index < -0.39 is 0 Å². The fourth-order valence-electron chi connectivity index (χ4n) is 2.23. The Morgan fingerprint density at radius 1 is 1.24 bits per heavy atom. The van der Waals surface area contributed by atoms with Gasteiger partial charge in [-0.3, -0.25) is 4.79 Å². The lowest BCUT2D eigenvalue weighted by Crippen LogP contribution is -2.48. The number of rotatable bonds is 2. The first-order valence-electron chi connectivity index (χ1n) is 6.29. The van der Waals surface area contributed by atoms with Crippen molar-refractivity contribution in [3.8, 4) is 0 Å². The minimum atomic E-state index is 0.171. The van der Waals surface area contributed by atoms with Crippen LogP contribution in [-0.2, 0) is 0 Å².